The highest BCUT2D eigenvalue weighted by Crippen LogP contribution is 2.30. The Balaban J connectivity index is 1.58. The van der Waals surface area contributed by atoms with Crippen molar-refractivity contribution in [2.45, 2.75) is 25.7 Å². The average molecular weight is 635 g/mol. The van der Waals surface area contributed by atoms with Crippen LogP contribution in [0.3, 0.4) is 0 Å². The van der Waals surface area contributed by atoms with Gasteiger partial charge < -0.3 is 34.0 Å². The van der Waals surface area contributed by atoms with Crippen LogP contribution in [0.5, 0.6) is 0 Å². The van der Waals surface area contributed by atoms with E-state index >= 15 is 0 Å². The van der Waals surface area contributed by atoms with E-state index in [9.17, 15) is 0 Å². The SMILES string of the molecule is CNCCc1cc(C#Cc2cccc(-c3nc(-c4cc(CCN=C(N)N)cc(CCN=C(N)N)c4)cs3)c2)cc(CCN=CN)c1. The number of nitrogens with zero attached hydrogens (tertiary/aromatic N) is 4. The first-order valence-corrected chi connectivity index (χ1v) is 16.0. The van der Waals surface area contributed by atoms with Crippen molar-refractivity contribution >= 4 is 29.6 Å². The molecule has 0 aliphatic rings. The molecule has 0 radical (unpaired) electrons. The molecular formula is C35H42N10S. The number of nitrogens with two attached hydrogens (primary N) is 5. The highest BCUT2D eigenvalue weighted by atomic mass is 32.1. The largest absolute Gasteiger partial charge is 0.390 e. The lowest BCUT2D eigenvalue weighted by Gasteiger charge is -2.08. The van der Waals surface area contributed by atoms with E-state index in [-0.39, 0.29) is 11.9 Å². The summed E-state index contributed by atoms with van der Waals surface area (Å²) in [5, 5.41) is 6.22. The number of guanidine groups is 2. The summed E-state index contributed by atoms with van der Waals surface area (Å²) < 4.78 is 0. The van der Waals surface area contributed by atoms with Gasteiger partial charge in [0.1, 0.15) is 5.01 Å². The first-order chi connectivity index (χ1) is 22.3. The van der Waals surface area contributed by atoms with Crippen LogP contribution in [0.4, 0.5) is 0 Å². The summed E-state index contributed by atoms with van der Waals surface area (Å²) in [4.78, 5) is 17.4. The molecule has 0 saturated carbocycles. The summed E-state index contributed by atoms with van der Waals surface area (Å²) in [5.41, 5.74) is 37.1. The number of hydrogen-bond acceptors (Lipinski definition) is 6. The van der Waals surface area contributed by atoms with Crippen molar-refractivity contribution in [2.24, 2.45) is 43.6 Å². The first kappa shape index (κ1) is 33.7. The van der Waals surface area contributed by atoms with Crippen LogP contribution in [0.25, 0.3) is 21.8 Å². The molecule has 0 aliphatic carbocycles. The normalized spacial score (nSPS) is 10.8. The standard InChI is InChI=1S/C35H42N10S/c1-41-11-7-26-15-25(16-27(17-26)8-12-42-23-36)6-5-24-3-2-4-30(19-24)33-45-32(22-46-33)31-20-28(9-13-43-34(37)38)18-29(21-31)10-14-44-35(39)40/h2-4,15-23,41H,7-14H2,1H3,(H2,36,42)(H4,37,38,43)(H4,39,40,44). The van der Waals surface area contributed by atoms with E-state index in [1.54, 1.807) is 11.3 Å². The van der Waals surface area contributed by atoms with Crippen molar-refractivity contribution in [3.63, 3.8) is 0 Å². The Labute approximate surface area is 275 Å². The van der Waals surface area contributed by atoms with Gasteiger partial charge in [0.2, 0.25) is 0 Å². The Hall–Kier alpha value is -5.18. The lowest BCUT2D eigenvalue weighted by atomic mass is 10.00. The van der Waals surface area contributed by atoms with Gasteiger partial charge in [-0.2, -0.15) is 0 Å². The number of nitrogens with one attached hydrogen (secondary N) is 1. The number of aliphatic imine (C=N–C) groups is 3. The van der Waals surface area contributed by atoms with Gasteiger partial charge in [-0.1, -0.05) is 36.1 Å². The molecule has 1 aromatic heterocycles. The number of aromatic nitrogens is 1. The van der Waals surface area contributed by atoms with Crippen LogP contribution in [0, 0.1) is 11.8 Å². The zero-order valence-electron chi connectivity index (χ0n) is 26.2. The summed E-state index contributed by atoms with van der Waals surface area (Å²) in [6.07, 6.45) is 4.49. The highest BCUT2D eigenvalue weighted by Gasteiger charge is 2.10. The van der Waals surface area contributed by atoms with Gasteiger partial charge in [0.05, 0.1) is 12.0 Å². The Morgan fingerprint density at radius 2 is 1.37 bits per heavy atom. The minimum absolute atomic E-state index is 0.0801. The molecule has 0 atom stereocenters. The van der Waals surface area contributed by atoms with Crippen LogP contribution in [-0.4, -0.2) is 56.5 Å². The minimum Gasteiger partial charge on any atom is -0.390 e. The molecule has 11 N–H and O–H groups in total. The fourth-order valence-electron chi connectivity index (χ4n) is 4.90. The zero-order chi connectivity index (χ0) is 32.7. The molecule has 0 bridgehead atoms. The van der Waals surface area contributed by atoms with Crippen molar-refractivity contribution in [3.05, 3.63) is 99.4 Å². The van der Waals surface area contributed by atoms with Crippen LogP contribution in [-0.2, 0) is 25.7 Å². The maximum absolute atomic E-state index is 5.53. The molecule has 10 nitrogen and oxygen atoms in total. The zero-order valence-corrected chi connectivity index (χ0v) is 27.0. The molecule has 0 amide bonds. The number of likely N-dealkylation sites (N-methyl/N-ethyl adjacent to an activating group) is 1. The predicted molar refractivity (Wildman–Crippen MR) is 193 cm³/mol. The molecule has 4 rings (SSSR count). The second-order valence-electron chi connectivity index (χ2n) is 10.7. The van der Waals surface area contributed by atoms with Gasteiger partial charge >= 0.3 is 0 Å². The number of benzene rings is 3. The lowest BCUT2D eigenvalue weighted by Crippen LogP contribution is -2.23. The minimum atomic E-state index is 0.0801. The van der Waals surface area contributed by atoms with Gasteiger partial charge in [-0.25, -0.2) is 4.98 Å². The third-order valence-electron chi connectivity index (χ3n) is 7.05. The van der Waals surface area contributed by atoms with E-state index in [0.717, 1.165) is 63.5 Å². The second kappa shape index (κ2) is 17.3. The van der Waals surface area contributed by atoms with Gasteiger partial charge in [-0.05, 0) is 97.9 Å². The van der Waals surface area contributed by atoms with Crippen LogP contribution >= 0.6 is 11.3 Å². The molecule has 46 heavy (non-hydrogen) atoms. The number of rotatable bonds is 14. The van der Waals surface area contributed by atoms with Crippen molar-refractivity contribution < 1.29 is 0 Å². The van der Waals surface area contributed by atoms with Crippen molar-refractivity contribution in [2.75, 3.05) is 33.2 Å². The van der Waals surface area contributed by atoms with E-state index in [2.05, 4.69) is 86.0 Å². The molecule has 0 spiro atoms. The van der Waals surface area contributed by atoms with E-state index < -0.39 is 0 Å². The van der Waals surface area contributed by atoms with Crippen molar-refractivity contribution in [3.8, 4) is 33.7 Å². The quantitative estimate of drug-likeness (QED) is 0.0697. The topological polar surface area (TPSA) is 192 Å². The first-order valence-electron chi connectivity index (χ1n) is 15.1. The summed E-state index contributed by atoms with van der Waals surface area (Å²) in [7, 11) is 1.96. The molecule has 0 unspecified atom stereocenters. The van der Waals surface area contributed by atoms with Gasteiger partial charge in [-0.3, -0.25) is 15.0 Å². The summed E-state index contributed by atoms with van der Waals surface area (Å²) in [6.45, 7) is 2.55. The maximum Gasteiger partial charge on any atom is 0.185 e. The summed E-state index contributed by atoms with van der Waals surface area (Å²) in [5.74, 6) is 6.90. The molecular weight excluding hydrogens is 593 g/mol. The van der Waals surface area contributed by atoms with Gasteiger partial charge in [-0.15, -0.1) is 11.3 Å². The van der Waals surface area contributed by atoms with Gasteiger partial charge in [0, 0.05) is 47.3 Å². The third kappa shape index (κ3) is 10.8. The Morgan fingerprint density at radius 3 is 2.00 bits per heavy atom. The van der Waals surface area contributed by atoms with Crippen molar-refractivity contribution in [1.82, 2.24) is 10.3 Å². The molecule has 4 aromatic rings. The van der Waals surface area contributed by atoms with Gasteiger partial charge in [0.25, 0.3) is 0 Å². The molecule has 11 heteroatoms. The maximum atomic E-state index is 5.53. The Bertz CT molecular complexity index is 1710. The van der Waals surface area contributed by atoms with E-state index in [1.165, 1.54) is 17.5 Å². The van der Waals surface area contributed by atoms with E-state index in [1.807, 2.05) is 19.2 Å². The van der Waals surface area contributed by atoms with E-state index in [0.29, 0.717) is 32.5 Å². The summed E-state index contributed by atoms with van der Waals surface area (Å²) in [6, 6.07) is 21.1. The molecule has 0 aliphatic heterocycles. The second-order valence-corrected chi connectivity index (χ2v) is 11.6. The average Bonchev–Trinajstić information content (AvgIpc) is 3.54. The van der Waals surface area contributed by atoms with Crippen molar-refractivity contribution in [1.29, 1.82) is 0 Å². The van der Waals surface area contributed by atoms with Crippen LogP contribution in [0.2, 0.25) is 0 Å². The molecule has 238 valence electrons. The van der Waals surface area contributed by atoms with Crippen LogP contribution in [0.15, 0.2) is 81.0 Å². The Morgan fingerprint density at radius 1 is 0.761 bits per heavy atom. The molecule has 0 fully saturated rings. The molecule has 0 saturated heterocycles. The van der Waals surface area contributed by atoms with Gasteiger partial charge in [0.15, 0.2) is 11.9 Å². The fourth-order valence-corrected chi connectivity index (χ4v) is 5.73. The molecule has 1 heterocycles. The smallest absolute Gasteiger partial charge is 0.185 e. The third-order valence-corrected chi connectivity index (χ3v) is 7.95. The predicted octanol–water partition coefficient (Wildman–Crippen LogP) is 2.80. The van der Waals surface area contributed by atoms with Crippen LogP contribution < -0.4 is 34.0 Å². The molecule has 3 aromatic carbocycles. The Kier molecular flexibility index (Phi) is 12.7. The van der Waals surface area contributed by atoms with Crippen LogP contribution in [0.1, 0.15) is 33.4 Å². The fraction of sp³-hybridized carbons (Fsp3) is 0.257. The lowest BCUT2D eigenvalue weighted by molar-refractivity contribution is 0.790. The number of hydrogen-bond donors (Lipinski definition) is 6. The summed E-state index contributed by atoms with van der Waals surface area (Å²) >= 11 is 1.60. The number of thiazole rings is 1. The highest BCUT2D eigenvalue weighted by molar-refractivity contribution is 7.13. The van der Waals surface area contributed by atoms with E-state index in [4.69, 9.17) is 33.7 Å². The monoisotopic (exact) mass is 634 g/mol.